The van der Waals surface area contributed by atoms with Gasteiger partial charge in [-0.25, -0.2) is 0 Å². The molecule has 0 amide bonds. The molecule has 4 nitrogen and oxygen atoms in total. The highest BCUT2D eigenvalue weighted by Crippen LogP contribution is 2.34. The molecule has 0 aliphatic carbocycles. The van der Waals surface area contributed by atoms with Crippen molar-refractivity contribution in [1.82, 2.24) is 10.2 Å². The van der Waals surface area contributed by atoms with Crippen LogP contribution in [0.5, 0.6) is 0 Å². The summed E-state index contributed by atoms with van der Waals surface area (Å²) >= 11 is 0. The van der Waals surface area contributed by atoms with E-state index in [0.29, 0.717) is 6.04 Å². The summed E-state index contributed by atoms with van der Waals surface area (Å²) in [4.78, 5) is 2.59. The van der Waals surface area contributed by atoms with Gasteiger partial charge >= 0.3 is 0 Å². The van der Waals surface area contributed by atoms with Crippen LogP contribution in [0, 0.1) is 11.8 Å². The van der Waals surface area contributed by atoms with Crippen molar-refractivity contribution in [1.29, 1.82) is 0 Å². The van der Waals surface area contributed by atoms with Gasteiger partial charge in [0.15, 0.2) is 6.29 Å². The average molecular weight is 256 g/mol. The van der Waals surface area contributed by atoms with Crippen molar-refractivity contribution in [3.8, 4) is 0 Å². The van der Waals surface area contributed by atoms with E-state index < -0.39 is 0 Å². The van der Waals surface area contributed by atoms with Crippen molar-refractivity contribution < 1.29 is 9.47 Å². The van der Waals surface area contributed by atoms with E-state index in [2.05, 4.69) is 17.1 Å². The lowest BCUT2D eigenvalue weighted by Crippen LogP contribution is -2.41. The maximum absolute atomic E-state index is 5.68. The lowest BCUT2D eigenvalue weighted by atomic mass is 9.93. The standard InChI is InChI=1S/C14H28N2O2/c1-4-13-12-8-15-7-11(12)9-16(13)10-14(17-5-2)18-6-3/h11-15H,4-10H2,1-3H3. The number of ether oxygens (including phenoxy) is 2. The molecule has 3 unspecified atom stereocenters. The first-order chi connectivity index (χ1) is 8.80. The Hall–Kier alpha value is -0.160. The van der Waals surface area contributed by atoms with Gasteiger partial charge in [0.1, 0.15) is 0 Å². The Morgan fingerprint density at radius 1 is 1.17 bits per heavy atom. The average Bonchev–Trinajstić information content (AvgIpc) is 2.89. The third kappa shape index (κ3) is 3.05. The Morgan fingerprint density at radius 2 is 1.89 bits per heavy atom. The molecule has 2 aliphatic rings. The van der Waals surface area contributed by atoms with Crippen LogP contribution in [-0.4, -0.2) is 56.6 Å². The Morgan fingerprint density at radius 3 is 2.50 bits per heavy atom. The van der Waals surface area contributed by atoms with Crippen molar-refractivity contribution in [2.45, 2.75) is 39.5 Å². The molecule has 106 valence electrons. The Bertz CT molecular complexity index is 244. The van der Waals surface area contributed by atoms with Crippen LogP contribution in [0.1, 0.15) is 27.2 Å². The van der Waals surface area contributed by atoms with Crippen molar-refractivity contribution >= 4 is 0 Å². The van der Waals surface area contributed by atoms with E-state index in [1.165, 1.54) is 26.1 Å². The minimum absolute atomic E-state index is 0.0548. The quantitative estimate of drug-likeness (QED) is 0.697. The molecule has 0 bridgehead atoms. The Labute approximate surface area is 111 Å². The van der Waals surface area contributed by atoms with E-state index in [1.54, 1.807) is 0 Å². The van der Waals surface area contributed by atoms with Gasteiger partial charge in [-0.05, 0) is 45.2 Å². The molecule has 0 radical (unpaired) electrons. The van der Waals surface area contributed by atoms with Gasteiger partial charge in [-0.15, -0.1) is 0 Å². The molecule has 2 heterocycles. The minimum atomic E-state index is -0.0548. The first-order valence-electron chi connectivity index (χ1n) is 7.48. The van der Waals surface area contributed by atoms with Gasteiger partial charge in [0, 0.05) is 32.3 Å². The third-order valence-electron chi connectivity index (χ3n) is 4.33. The Kier molecular flexibility index (Phi) is 5.42. The number of fused-ring (bicyclic) bond motifs is 1. The van der Waals surface area contributed by atoms with E-state index >= 15 is 0 Å². The maximum atomic E-state index is 5.68. The predicted octanol–water partition coefficient (Wildman–Crippen LogP) is 1.32. The molecule has 2 aliphatic heterocycles. The van der Waals surface area contributed by atoms with Crippen molar-refractivity contribution in [2.24, 2.45) is 11.8 Å². The highest BCUT2D eigenvalue weighted by Gasteiger charge is 2.43. The number of hydrogen-bond donors (Lipinski definition) is 1. The summed E-state index contributed by atoms with van der Waals surface area (Å²) in [5, 5.41) is 3.52. The zero-order chi connectivity index (χ0) is 13.0. The molecule has 3 atom stereocenters. The normalized spacial score (nSPS) is 32.3. The van der Waals surface area contributed by atoms with E-state index in [0.717, 1.165) is 31.6 Å². The molecule has 2 saturated heterocycles. The highest BCUT2D eigenvalue weighted by atomic mass is 16.7. The Balaban J connectivity index is 1.91. The molecule has 0 aromatic rings. The van der Waals surface area contributed by atoms with Crippen LogP contribution >= 0.6 is 0 Å². The van der Waals surface area contributed by atoms with Gasteiger partial charge in [-0.1, -0.05) is 6.92 Å². The van der Waals surface area contributed by atoms with Crippen LogP contribution < -0.4 is 5.32 Å². The number of nitrogens with zero attached hydrogens (tertiary/aromatic N) is 1. The molecule has 18 heavy (non-hydrogen) atoms. The van der Waals surface area contributed by atoms with Crippen LogP contribution in [0.2, 0.25) is 0 Å². The number of hydrogen-bond acceptors (Lipinski definition) is 4. The zero-order valence-corrected chi connectivity index (χ0v) is 12.0. The fraction of sp³-hybridized carbons (Fsp3) is 1.00. The first kappa shape index (κ1) is 14.3. The van der Waals surface area contributed by atoms with E-state index in [9.17, 15) is 0 Å². The van der Waals surface area contributed by atoms with Crippen molar-refractivity contribution in [3.05, 3.63) is 0 Å². The molecule has 1 N–H and O–H groups in total. The second kappa shape index (κ2) is 6.85. The van der Waals surface area contributed by atoms with Crippen molar-refractivity contribution in [2.75, 3.05) is 39.4 Å². The predicted molar refractivity (Wildman–Crippen MR) is 72.5 cm³/mol. The van der Waals surface area contributed by atoms with Crippen LogP contribution in [0.15, 0.2) is 0 Å². The smallest absolute Gasteiger partial charge is 0.170 e. The fourth-order valence-corrected chi connectivity index (χ4v) is 3.60. The largest absolute Gasteiger partial charge is 0.352 e. The summed E-state index contributed by atoms with van der Waals surface area (Å²) in [7, 11) is 0. The summed E-state index contributed by atoms with van der Waals surface area (Å²) < 4.78 is 11.4. The number of nitrogens with one attached hydrogen (secondary N) is 1. The van der Waals surface area contributed by atoms with E-state index in [1.807, 2.05) is 13.8 Å². The van der Waals surface area contributed by atoms with E-state index in [4.69, 9.17) is 9.47 Å². The van der Waals surface area contributed by atoms with Gasteiger partial charge in [-0.3, -0.25) is 4.90 Å². The zero-order valence-electron chi connectivity index (χ0n) is 12.0. The molecule has 4 heteroatoms. The van der Waals surface area contributed by atoms with Gasteiger partial charge in [-0.2, -0.15) is 0 Å². The molecular formula is C14H28N2O2. The van der Waals surface area contributed by atoms with Crippen LogP contribution in [-0.2, 0) is 9.47 Å². The fourth-order valence-electron chi connectivity index (χ4n) is 3.60. The van der Waals surface area contributed by atoms with Crippen LogP contribution in [0.25, 0.3) is 0 Å². The number of likely N-dealkylation sites (tertiary alicyclic amines) is 1. The molecule has 0 spiro atoms. The van der Waals surface area contributed by atoms with Gasteiger partial charge < -0.3 is 14.8 Å². The molecule has 2 fully saturated rings. The maximum Gasteiger partial charge on any atom is 0.170 e. The van der Waals surface area contributed by atoms with Gasteiger partial charge in [0.2, 0.25) is 0 Å². The second-order valence-corrected chi connectivity index (χ2v) is 5.35. The molecule has 0 aromatic heterocycles. The minimum Gasteiger partial charge on any atom is -0.352 e. The molecule has 0 saturated carbocycles. The first-order valence-corrected chi connectivity index (χ1v) is 7.48. The SMILES string of the molecule is CCOC(CN1CC2CNCC2C1CC)OCC. The van der Waals surface area contributed by atoms with E-state index in [-0.39, 0.29) is 6.29 Å². The second-order valence-electron chi connectivity index (χ2n) is 5.35. The third-order valence-corrected chi connectivity index (χ3v) is 4.33. The topological polar surface area (TPSA) is 33.7 Å². The van der Waals surface area contributed by atoms with Gasteiger partial charge in [0.05, 0.1) is 0 Å². The lowest BCUT2D eigenvalue weighted by Gasteiger charge is -2.30. The monoisotopic (exact) mass is 256 g/mol. The molecule has 2 rings (SSSR count). The van der Waals surface area contributed by atoms with Gasteiger partial charge in [0.25, 0.3) is 0 Å². The number of rotatable bonds is 7. The summed E-state index contributed by atoms with van der Waals surface area (Å²) in [6, 6.07) is 0.702. The summed E-state index contributed by atoms with van der Waals surface area (Å²) in [6.07, 6.45) is 1.18. The summed E-state index contributed by atoms with van der Waals surface area (Å²) in [5.41, 5.74) is 0. The summed E-state index contributed by atoms with van der Waals surface area (Å²) in [5.74, 6) is 1.66. The summed E-state index contributed by atoms with van der Waals surface area (Å²) in [6.45, 7) is 12.3. The molecular weight excluding hydrogens is 228 g/mol. The van der Waals surface area contributed by atoms with Crippen LogP contribution in [0.3, 0.4) is 0 Å². The molecule has 0 aromatic carbocycles. The van der Waals surface area contributed by atoms with Crippen LogP contribution in [0.4, 0.5) is 0 Å². The lowest BCUT2D eigenvalue weighted by molar-refractivity contribution is -0.149. The highest BCUT2D eigenvalue weighted by molar-refractivity contribution is 4.98. The van der Waals surface area contributed by atoms with Crippen molar-refractivity contribution in [3.63, 3.8) is 0 Å².